The zero-order chi connectivity index (χ0) is 19.0. The first-order valence-corrected chi connectivity index (χ1v) is 9.52. The highest BCUT2D eigenvalue weighted by atomic mass is 16.5. The number of benzene rings is 1. The Bertz CT molecular complexity index is 861. The fraction of sp³-hybridized carbons (Fsp3) is 0.476. The van der Waals surface area contributed by atoms with Crippen LogP contribution in [0.2, 0.25) is 0 Å². The lowest BCUT2D eigenvalue weighted by molar-refractivity contribution is -0.154. The van der Waals surface area contributed by atoms with Crippen molar-refractivity contribution in [2.45, 2.75) is 39.0 Å². The van der Waals surface area contributed by atoms with Crippen LogP contribution in [0.1, 0.15) is 37.0 Å². The molecule has 0 spiro atoms. The molecule has 0 atom stereocenters. The number of carbonyl (C=O) groups excluding carboxylic acids is 1. The lowest BCUT2D eigenvalue weighted by Crippen LogP contribution is -2.48. The fourth-order valence-corrected chi connectivity index (χ4v) is 3.93. The molecule has 0 radical (unpaired) electrons. The van der Waals surface area contributed by atoms with Crippen molar-refractivity contribution in [2.75, 3.05) is 13.1 Å². The molecule has 27 heavy (non-hydrogen) atoms. The summed E-state index contributed by atoms with van der Waals surface area (Å²) in [5.41, 5.74) is 1.91. The first kappa shape index (κ1) is 17.8. The third-order valence-electron chi connectivity index (χ3n) is 5.91. The van der Waals surface area contributed by atoms with E-state index < -0.39 is 11.4 Å². The van der Waals surface area contributed by atoms with Gasteiger partial charge >= 0.3 is 5.97 Å². The van der Waals surface area contributed by atoms with Crippen molar-refractivity contribution in [3.8, 4) is 11.3 Å². The summed E-state index contributed by atoms with van der Waals surface area (Å²) >= 11 is 0. The molecule has 1 aliphatic carbocycles. The summed E-state index contributed by atoms with van der Waals surface area (Å²) in [6.45, 7) is 3.01. The molecule has 6 heteroatoms. The van der Waals surface area contributed by atoms with E-state index in [4.69, 9.17) is 4.52 Å². The summed E-state index contributed by atoms with van der Waals surface area (Å²) in [5, 5.41) is 14.0. The molecule has 4 rings (SSSR count). The lowest BCUT2D eigenvalue weighted by Gasteiger charge is -2.38. The predicted molar refractivity (Wildman–Crippen MR) is 99.0 cm³/mol. The molecule has 142 valence electrons. The van der Waals surface area contributed by atoms with E-state index in [0.717, 1.165) is 29.7 Å². The molecular formula is C21H24N2O4. The number of carbonyl (C=O) groups is 2. The molecule has 1 amide bonds. The summed E-state index contributed by atoms with van der Waals surface area (Å²) in [6, 6.07) is 9.74. The molecule has 6 nitrogen and oxygen atoms in total. The van der Waals surface area contributed by atoms with E-state index in [9.17, 15) is 14.7 Å². The van der Waals surface area contributed by atoms with E-state index in [0.29, 0.717) is 38.1 Å². The Hall–Kier alpha value is -2.63. The second-order valence-electron chi connectivity index (χ2n) is 7.86. The molecule has 0 unspecified atom stereocenters. The largest absolute Gasteiger partial charge is 0.481 e. The summed E-state index contributed by atoms with van der Waals surface area (Å²) in [4.78, 5) is 26.1. The zero-order valence-electron chi connectivity index (χ0n) is 15.5. The number of amides is 1. The Morgan fingerprint density at radius 3 is 2.59 bits per heavy atom. The molecule has 2 heterocycles. The molecule has 1 aromatic heterocycles. The van der Waals surface area contributed by atoms with E-state index in [1.54, 1.807) is 0 Å². The molecule has 2 aliphatic rings. The number of aromatic nitrogens is 1. The van der Waals surface area contributed by atoms with E-state index >= 15 is 0 Å². The minimum absolute atomic E-state index is 0.174. The van der Waals surface area contributed by atoms with Crippen LogP contribution in [0.4, 0.5) is 0 Å². The number of aryl methyl sites for hydroxylation is 1. The highest BCUT2D eigenvalue weighted by molar-refractivity contribution is 5.82. The number of aliphatic carboxylic acids is 1. The van der Waals surface area contributed by atoms with Gasteiger partial charge in [-0.2, -0.15) is 0 Å². The SMILES string of the molecule is Cc1ccccc1-c1cc(CC2(C(=O)O)CCN(C(=O)C3CC3)CC2)on1. The number of piperidine rings is 1. The quantitative estimate of drug-likeness (QED) is 0.875. The molecule has 2 fully saturated rings. The van der Waals surface area contributed by atoms with Crippen LogP contribution in [-0.4, -0.2) is 40.1 Å². The average molecular weight is 368 g/mol. The molecule has 1 N–H and O–H groups in total. The van der Waals surface area contributed by atoms with Crippen molar-refractivity contribution < 1.29 is 19.2 Å². The van der Waals surface area contributed by atoms with Gasteiger partial charge < -0.3 is 14.5 Å². The Morgan fingerprint density at radius 1 is 1.26 bits per heavy atom. The minimum atomic E-state index is -0.900. The number of nitrogens with zero attached hydrogens (tertiary/aromatic N) is 2. The first-order valence-electron chi connectivity index (χ1n) is 9.52. The molecule has 1 saturated heterocycles. The second kappa shape index (κ2) is 6.83. The van der Waals surface area contributed by atoms with Gasteiger partial charge in [-0.3, -0.25) is 9.59 Å². The summed E-state index contributed by atoms with van der Waals surface area (Å²) in [5.74, 6) is 0.122. The number of likely N-dealkylation sites (tertiary alicyclic amines) is 1. The maximum Gasteiger partial charge on any atom is 0.310 e. The second-order valence-corrected chi connectivity index (χ2v) is 7.86. The predicted octanol–water partition coefficient (Wildman–Crippen LogP) is 3.30. The van der Waals surface area contributed by atoms with Crippen LogP contribution in [0.15, 0.2) is 34.9 Å². The van der Waals surface area contributed by atoms with Crippen LogP contribution in [0, 0.1) is 18.3 Å². The van der Waals surface area contributed by atoms with Crippen LogP contribution in [0.3, 0.4) is 0 Å². The lowest BCUT2D eigenvalue weighted by atomic mass is 9.75. The van der Waals surface area contributed by atoms with Gasteiger partial charge in [-0.25, -0.2) is 0 Å². The van der Waals surface area contributed by atoms with Gasteiger partial charge in [-0.05, 0) is 38.2 Å². The highest BCUT2D eigenvalue weighted by Gasteiger charge is 2.45. The van der Waals surface area contributed by atoms with Gasteiger partial charge in [0, 0.05) is 37.1 Å². The van der Waals surface area contributed by atoms with Crippen LogP contribution in [0.5, 0.6) is 0 Å². The van der Waals surface area contributed by atoms with Crippen molar-refractivity contribution in [1.82, 2.24) is 10.1 Å². The number of rotatable bonds is 5. The number of hydrogen-bond donors (Lipinski definition) is 1. The van der Waals surface area contributed by atoms with Gasteiger partial charge in [0.05, 0.1) is 5.41 Å². The minimum Gasteiger partial charge on any atom is -0.481 e. The number of carboxylic acid groups (broad SMARTS) is 1. The molecule has 0 bridgehead atoms. The number of hydrogen-bond acceptors (Lipinski definition) is 4. The van der Waals surface area contributed by atoms with Gasteiger partial charge in [0.1, 0.15) is 11.5 Å². The first-order chi connectivity index (χ1) is 13.0. The van der Waals surface area contributed by atoms with Crippen molar-refractivity contribution in [1.29, 1.82) is 0 Å². The third-order valence-corrected chi connectivity index (χ3v) is 5.91. The van der Waals surface area contributed by atoms with Gasteiger partial charge in [-0.15, -0.1) is 0 Å². The molecule has 1 saturated carbocycles. The molecule has 2 aromatic rings. The van der Waals surface area contributed by atoms with Crippen molar-refractivity contribution in [3.05, 3.63) is 41.7 Å². The van der Waals surface area contributed by atoms with Gasteiger partial charge in [0.2, 0.25) is 5.91 Å². The summed E-state index contributed by atoms with van der Waals surface area (Å²) in [7, 11) is 0. The Balaban J connectivity index is 1.49. The Labute approximate surface area is 158 Å². The normalized spacial score (nSPS) is 19.1. The molecule has 1 aliphatic heterocycles. The van der Waals surface area contributed by atoms with Crippen LogP contribution < -0.4 is 0 Å². The van der Waals surface area contributed by atoms with Gasteiger partial charge in [-0.1, -0.05) is 29.4 Å². The van der Waals surface area contributed by atoms with E-state index in [1.165, 1.54) is 0 Å². The zero-order valence-corrected chi connectivity index (χ0v) is 15.5. The fourth-order valence-electron chi connectivity index (χ4n) is 3.93. The van der Waals surface area contributed by atoms with Crippen LogP contribution in [-0.2, 0) is 16.0 Å². The highest BCUT2D eigenvalue weighted by Crippen LogP contribution is 2.39. The molecule has 1 aromatic carbocycles. The summed E-state index contributed by atoms with van der Waals surface area (Å²) < 4.78 is 5.48. The Morgan fingerprint density at radius 2 is 1.96 bits per heavy atom. The van der Waals surface area contributed by atoms with Crippen LogP contribution >= 0.6 is 0 Å². The van der Waals surface area contributed by atoms with Crippen molar-refractivity contribution in [3.63, 3.8) is 0 Å². The average Bonchev–Trinajstić information content (AvgIpc) is 3.42. The maximum absolute atomic E-state index is 12.2. The van der Waals surface area contributed by atoms with Crippen molar-refractivity contribution >= 4 is 11.9 Å². The summed E-state index contributed by atoms with van der Waals surface area (Å²) in [6.07, 6.45) is 3.13. The van der Waals surface area contributed by atoms with E-state index in [-0.39, 0.29) is 11.8 Å². The third kappa shape index (κ3) is 3.48. The van der Waals surface area contributed by atoms with Gasteiger partial charge in [0.15, 0.2) is 0 Å². The molecular weight excluding hydrogens is 344 g/mol. The topological polar surface area (TPSA) is 83.6 Å². The number of carboxylic acids is 1. The van der Waals surface area contributed by atoms with Crippen LogP contribution in [0.25, 0.3) is 11.3 Å². The van der Waals surface area contributed by atoms with E-state index in [1.807, 2.05) is 42.2 Å². The standard InChI is InChI=1S/C21H24N2O4/c1-14-4-2-3-5-17(14)18-12-16(27-22-18)13-21(20(25)26)8-10-23(11-9-21)19(24)15-6-7-15/h2-5,12,15H,6-11,13H2,1H3,(H,25,26). The van der Waals surface area contributed by atoms with Gasteiger partial charge in [0.25, 0.3) is 0 Å². The van der Waals surface area contributed by atoms with Crippen molar-refractivity contribution in [2.24, 2.45) is 11.3 Å². The monoisotopic (exact) mass is 368 g/mol. The Kier molecular flexibility index (Phi) is 4.50. The smallest absolute Gasteiger partial charge is 0.310 e. The maximum atomic E-state index is 12.2. The van der Waals surface area contributed by atoms with E-state index in [2.05, 4.69) is 5.16 Å².